The summed E-state index contributed by atoms with van der Waals surface area (Å²) in [5, 5.41) is 5.49. The van der Waals surface area contributed by atoms with Crippen molar-refractivity contribution in [3.05, 3.63) is 109 Å². The smallest absolute Gasteiger partial charge is 0.407 e. The molecule has 3 aromatic rings. The summed E-state index contributed by atoms with van der Waals surface area (Å²) >= 11 is 0. The van der Waals surface area contributed by atoms with Crippen molar-refractivity contribution in [2.45, 2.75) is 64.6 Å². The topological polar surface area (TPSA) is 185 Å². The Labute approximate surface area is 376 Å². The number of ether oxygens (including phenoxy) is 10. The lowest BCUT2D eigenvalue weighted by molar-refractivity contribution is -0.139. The fourth-order valence-corrected chi connectivity index (χ4v) is 5.32. The van der Waals surface area contributed by atoms with Gasteiger partial charge in [0.25, 0.3) is 0 Å². The predicted molar refractivity (Wildman–Crippen MR) is 239 cm³/mol. The predicted octanol–water partition coefficient (Wildman–Crippen LogP) is 7.40. The molecule has 16 nitrogen and oxygen atoms in total. The molecule has 3 aromatic carbocycles. The minimum Gasteiger partial charge on any atom is -0.491 e. The number of benzene rings is 3. The van der Waals surface area contributed by atoms with Crippen LogP contribution in [0.25, 0.3) is 0 Å². The highest BCUT2D eigenvalue weighted by Crippen LogP contribution is 2.19. The lowest BCUT2D eigenvalue weighted by Gasteiger charge is -2.19. The van der Waals surface area contributed by atoms with Crippen LogP contribution in [0.15, 0.2) is 109 Å². The average Bonchev–Trinajstić information content (AvgIpc) is 3.29. The lowest BCUT2D eigenvalue weighted by Crippen LogP contribution is -2.35. The molecule has 64 heavy (non-hydrogen) atoms. The van der Waals surface area contributed by atoms with Crippen LogP contribution >= 0.6 is 0 Å². The van der Waals surface area contributed by atoms with E-state index in [9.17, 15) is 19.2 Å². The number of hydrogen-bond acceptors (Lipinski definition) is 14. The zero-order chi connectivity index (χ0) is 46.0. The Kier molecular flexibility index (Phi) is 26.4. The van der Waals surface area contributed by atoms with Crippen molar-refractivity contribution >= 4 is 24.1 Å². The molecule has 2 unspecified atom stereocenters. The molecule has 0 aliphatic heterocycles. The van der Waals surface area contributed by atoms with Gasteiger partial charge in [-0.1, -0.05) is 55.6 Å². The van der Waals surface area contributed by atoms with Gasteiger partial charge in [-0.2, -0.15) is 0 Å². The summed E-state index contributed by atoms with van der Waals surface area (Å²) in [6, 6.07) is 25.5. The number of nitrogens with one attached hydrogen (secondary N) is 2. The van der Waals surface area contributed by atoms with Crippen LogP contribution in [0.5, 0.6) is 23.0 Å². The first kappa shape index (κ1) is 52.1. The zero-order valence-electron chi connectivity index (χ0n) is 37.1. The van der Waals surface area contributed by atoms with Gasteiger partial charge in [0.05, 0.1) is 39.6 Å². The van der Waals surface area contributed by atoms with Gasteiger partial charge in [0.1, 0.15) is 49.4 Å². The third kappa shape index (κ3) is 25.0. The summed E-state index contributed by atoms with van der Waals surface area (Å²) in [5.74, 6) is 1.58. The molecule has 0 aromatic heterocycles. The van der Waals surface area contributed by atoms with Crippen LogP contribution in [0.3, 0.4) is 0 Å². The second-order valence-electron chi connectivity index (χ2n) is 14.4. The van der Waals surface area contributed by atoms with E-state index in [-0.39, 0.29) is 52.9 Å². The summed E-state index contributed by atoms with van der Waals surface area (Å²) in [5.41, 5.74) is 0.716. The van der Waals surface area contributed by atoms with Gasteiger partial charge in [-0.15, -0.1) is 0 Å². The van der Waals surface area contributed by atoms with E-state index in [2.05, 4.69) is 23.8 Å². The van der Waals surface area contributed by atoms with Crippen LogP contribution in [0.1, 0.15) is 52.4 Å². The van der Waals surface area contributed by atoms with E-state index in [1.54, 1.807) is 38.1 Å². The molecule has 350 valence electrons. The first-order valence-corrected chi connectivity index (χ1v) is 21.5. The second-order valence-corrected chi connectivity index (χ2v) is 14.4. The molecule has 0 aliphatic carbocycles. The Morgan fingerprint density at radius 2 is 0.875 bits per heavy atom. The number of hydrogen-bond donors (Lipinski definition) is 2. The SMILES string of the molecule is C=C(C)C(=O)OCCCCCNC(=O)OC(COCCOc1cccc(OCCOCC(COc2ccccc2)OC(=O)NCCCCCOC(=O)C(=C)C)c1)COc1ccccc1. The van der Waals surface area contributed by atoms with Gasteiger partial charge in [0.15, 0.2) is 12.2 Å². The molecule has 0 radical (unpaired) electrons. The van der Waals surface area contributed by atoms with Crippen molar-refractivity contribution in [3.63, 3.8) is 0 Å². The number of rotatable bonds is 34. The van der Waals surface area contributed by atoms with Crippen LogP contribution in [0.2, 0.25) is 0 Å². The fraction of sp³-hybridized carbons (Fsp3) is 0.458. The molecule has 2 amide bonds. The molecule has 16 heteroatoms. The van der Waals surface area contributed by atoms with E-state index in [0.29, 0.717) is 86.1 Å². The molecular formula is C48H64N2O14. The van der Waals surface area contributed by atoms with Gasteiger partial charge in [0.2, 0.25) is 0 Å². The van der Waals surface area contributed by atoms with Gasteiger partial charge in [-0.25, -0.2) is 19.2 Å². The van der Waals surface area contributed by atoms with Gasteiger partial charge < -0.3 is 58.0 Å². The molecule has 0 spiro atoms. The lowest BCUT2D eigenvalue weighted by atomic mass is 10.2. The molecule has 2 atom stereocenters. The van der Waals surface area contributed by atoms with Crippen LogP contribution < -0.4 is 29.6 Å². The number of para-hydroxylation sites is 2. The van der Waals surface area contributed by atoms with Crippen LogP contribution in [-0.2, 0) is 38.0 Å². The number of esters is 2. The highest BCUT2D eigenvalue weighted by atomic mass is 16.6. The van der Waals surface area contributed by atoms with Crippen molar-refractivity contribution in [2.24, 2.45) is 0 Å². The van der Waals surface area contributed by atoms with Gasteiger partial charge in [-0.05, 0) is 88.8 Å². The summed E-state index contributed by atoms with van der Waals surface area (Å²) in [4.78, 5) is 48.1. The zero-order valence-corrected chi connectivity index (χ0v) is 37.1. The average molecular weight is 893 g/mol. The second kappa shape index (κ2) is 32.4. The van der Waals surface area contributed by atoms with Crippen molar-refractivity contribution in [1.29, 1.82) is 0 Å². The molecular weight excluding hydrogens is 829 g/mol. The first-order valence-electron chi connectivity index (χ1n) is 21.5. The van der Waals surface area contributed by atoms with E-state index >= 15 is 0 Å². The maximum absolute atomic E-state index is 12.6. The number of carbonyl (C=O) groups is 4. The van der Waals surface area contributed by atoms with Crippen molar-refractivity contribution in [3.8, 4) is 23.0 Å². The number of alkyl carbamates (subject to hydrolysis) is 2. The van der Waals surface area contributed by atoms with E-state index < -0.39 is 36.3 Å². The van der Waals surface area contributed by atoms with Crippen LogP contribution in [-0.4, -0.2) is 115 Å². The van der Waals surface area contributed by atoms with Crippen LogP contribution in [0, 0.1) is 0 Å². The molecule has 3 rings (SSSR count). The summed E-state index contributed by atoms with van der Waals surface area (Å²) in [6.07, 6.45) is 1.66. The molecule has 0 saturated carbocycles. The van der Waals surface area contributed by atoms with Gasteiger partial charge >= 0.3 is 24.1 Å². The summed E-state index contributed by atoms with van der Waals surface area (Å²) < 4.78 is 56.4. The first-order chi connectivity index (χ1) is 31.1. The summed E-state index contributed by atoms with van der Waals surface area (Å²) in [7, 11) is 0. The molecule has 0 fully saturated rings. The van der Waals surface area contributed by atoms with Crippen molar-refractivity contribution < 1.29 is 66.5 Å². The monoisotopic (exact) mass is 892 g/mol. The summed E-state index contributed by atoms with van der Waals surface area (Å²) in [6.45, 7) is 12.9. The minimum atomic E-state index is -0.690. The van der Waals surface area contributed by atoms with E-state index in [1.165, 1.54) is 0 Å². The molecule has 0 aliphatic rings. The highest BCUT2D eigenvalue weighted by molar-refractivity contribution is 5.87. The van der Waals surface area contributed by atoms with Crippen LogP contribution in [0.4, 0.5) is 9.59 Å². The third-order valence-corrected chi connectivity index (χ3v) is 8.66. The van der Waals surface area contributed by atoms with Gasteiger partial charge in [-0.3, -0.25) is 0 Å². The molecule has 0 saturated heterocycles. The highest BCUT2D eigenvalue weighted by Gasteiger charge is 2.18. The Balaban J connectivity index is 1.34. The Bertz CT molecular complexity index is 1680. The standard InChI is InChI=1S/C48H64N2O14/c1-37(2)45(51)59-26-15-7-13-24-49-47(53)63-43(35-61-39-18-9-5-10-19-39)33-55-28-30-57-41-22-17-23-42(32-41)58-31-29-56-34-44(36-62-40-20-11-6-12-21-40)64-48(54)50-25-14-8-16-27-60-46(52)38(3)4/h5-6,9-12,17-23,32,43-44H,1,3,7-8,13-16,24-31,33-36H2,2,4H3,(H,49,53)(H,50,54). The van der Waals surface area contributed by atoms with E-state index in [4.69, 9.17) is 47.4 Å². The van der Waals surface area contributed by atoms with Crippen molar-refractivity contribution in [2.75, 3.05) is 79.2 Å². The normalized spacial score (nSPS) is 11.5. The molecule has 2 N–H and O–H groups in total. The number of amides is 2. The maximum Gasteiger partial charge on any atom is 0.407 e. The Hall–Kier alpha value is -6.26. The minimum absolute atomic E-state index is 0.0770. The molecule has 0 bridgehead atoms. The Morgan fingerprint density at radius 1 is 0.469 bits per heavy atom. The maximum atomic E-state index is 12.6. The third-order valence-electron chi connectivity index (χ3n) is 8.66. The number of unbranched alkanes of at least 4 members (excludes halogenated alkanes) is 4. The van der Waals surface area contributed by atoms with Crippen molar-refractivity contribution in [1.82, 2.24) is 10.6 Å². The van der Waals surface area contributed by atoms with Gasteiger partial charge in [0, 0.05) is 30.3 Å². The van der Waals surface area contributed by atoms with E-state index in [1.807, 2.05) is 60.7 Å². The fourth-order valence-electron chi connectivity index (χ4n) is 5.32. The van der Waals surface area contributed by atoms with E-state index in [0.717, 1.165) is 12.8 Å². The quantitative estimate of drug-likeness (QED) is 0.0262. The largest absolute Gasteiger partial charge is 0.491 e. The number of carbonyl (C=O) groups excluding carboxylic acids is 4. The molecule has 0 heterocycles. The Morgan fingerprint density at radius 3 is 1.28 bits per heavy atom.